The molecule has 0 aliphatic rings. The van der Waals surface area contributed by atoms with Crippen LogP contribution in [0.4, 0.5) is 0 Å². The Bertz CT molecular complexity index is 281. The third kappa shape index (κ3) is 5.91. The van der Waals surface area contributed by atoms with Crippen molar-refractivity contribution in [1.29, 1.82) is 0 Å². The minimum atomic E-state index is 0.290. The Labute approximate surface area is 113 Å². The first-order valence-electron chi connectivity index (χ1n) is 6.11. The molecule has 0 N–H and O–H groups in total. The molecular weight excluding hydrogens is 284 g/mol. The van der Waals surface area contributed by atoms with E-state index in [0.29, 0.717) is 0 Å². The smallest absolute Gasteiger partial charge is 0.0376 e. The summed E-state index contributed by atoms with van der Waals surface area (Å²) in [5.74, 6) is 0. The van der Waals surface area contributed by atoms with Crippen LogP contribution in [0.1, 0.15) is 44.6 Å². The highest BCUT2D eigenvalue weighted by Gasteiger charge is 2.05. The van der Waals surface area contributed by atoms with Crippen molar-refractivity contribution >= 4 is 27.5 Å². The van der Waals surface area contributed by atoms with Crippen LogP contribution in [0.25, 0.3) is 0 Å². The molecule has 0 radical (unpaired) electrons. The highest BCUT2D eigenvalue weighted by atomic mass is 79.9. The molecule has 0 bridgehead atoms. The molecule has 0 aliphatic heterocycles. The zero-order valence-corrected chi connectivity index (χ0v) is 12.2. The van der Waals surface area contributed by atoms with E-state index >= 15 is 0 Å². The van der Waals surface area contributed by atoms with Crippen LogP contribution < -0.4 is 0 Å². The Balaban J connectivity index is 2.23. The van der Waals surface area contributed by atoms with Crippen molar-refractivity contribution in [2.75, 3.05) is 0 Å². The summed E-state index contributed by atoms with van der Waals surface area (Å²) in [5, 5.41) is 0.290. The van der Waals surface area contributed by atoms with Gasteiger partial charge in [-0.05, 0) is 30.5 Å². The molecule has 0 saturated heterocycles. The number of hydrogen-bond acceptors (Lipinski definition) is 0. The molecule has 1 rings (SSSR count). The van der Waals surface area contributed by atoms with Crippen molar-refractivity contribution in [3.8, 4) is 0 Å². The summed E-state index contributed by atoms with van der Waals surface area (Å²) in [4.78, 5) is 0. The van der Waals surface area contributed by atoms with Gasteiger partial charge in [-0.2, -0.15) is 0 Å². The SMILES string of the molecule is CCCCCCC(Cl)Cc1ccc(Br)cc1. The van der Waals surface area contributed by atoms with Gasteiger partial charge in [-0.25, -0.2) is 0 Å². The second-order valence-electron chi connectivity index (χ2n) is 4.28. The van der Waals surface area contributed by atoms with E-state index in [4.69, 9.17) is 11.6 Å². The molecule has 0 spiro atoms. The number of halogens is 2. The molecule has 0 saturated carbocycles. The summed E-state index contributed by atoms with van der Waals surface area (Å²) >= 11 is 9.76. The number of alkyl halides is 1. The molecule has 1 aromatic carbocycles. The summed E-state index contributed by atoms with van der Waals surface area (Å²) in [7, 11) is 0. The lowest BCUT2D eigenvalue weighted by atomic mass is 10.0. The second kappa shape index (κ2) is 8.14. The van der Waals surface area contributed by atoms with Gasteiger partial charge in [0, 0.05) is 9.85 Å². The molecule has 0 fully saturated rings. The highest BCUT2D eigenvalue weighted by Crippen LogP contribution is 2.17. The summed E-state index contributed by atoms with van der Waals surface area (Å²) in [5.41, 5.74) is 1.33. The van der Waals surface area contributed by atoms with Gasteiger partial charge in [0.1, 0.15) is 0 Å². The summed E-state index contributed by atoms with van der Waals surface area (Å²) in [6.07, 6.45) is 7.33. The van der Waals surface area contributed by atoms with Crippen LogP contribution in [0.15, 0.2) is 28.7 Å². The van der Waals surface area contributed by atoms with E-state index in [1.807, 2.05) is 0 Å². The third-order valence-electron chi connectivity index (χ3n) is 2.74. The van der Waals surface area contributed by atoms with Crippen molar-refractivity contribution in [2.24, 2.45) is 0 Å². The second-order valence-corrected chi connectivity index (χ2v) is 5.81. The lowest BCUT2D eigenvalue weighted by Crippen LogP contribution is -2.03. The normalized spacial score (nSPS) is 12.7. The molecule has 16 heavy (non-hydrogen) atoms. The number of rotatable bonds is 7. The fraction of sp³-hybridized carbons (Fsp3) is 0.571. The van der Waals surface area contributed by atoms with Gasteiger partial charge in [0.15, 0.2) is 0 Å². The van der Waals surface area contributed by atoms with Crippen LogP contribution in [0, 0.1) is 0 Å². The van der Waals surface area contributed by atoms with E-state index in [2.05, 4.69) is 47.1 Å². The van der Waals surface area contributed by atoms with E-state index in [1.54, 1.807) is 0 Å². The summed E-state index contributed by atoms with van der Waals surface area (Å²) in [6.45, 7) is 2.24. The Hall–Kier alpha value is -0.0100. The molecule has 0 aromatic heterocycles. The summed E-state index contributed by atoms with van der Waals surface area (Å²) in [6, 6.07) is 8.45. The van der Waals surface area contributed by atoms with E-state index < -0.39 is 0 Å². The maximum atomic E-state index is 6.32. The van der Waals surface area contributed by atoms with Crippen LogP contribution in [0.3, 0.4) is 0 Å². The molecule has 1 atom stereocenters. The van der Waals surface area contributed by atoms with Crippen LogP contribution in [-0.2, 0) is 6.42 Å². The molecule has 0 aliphatic carbocycles. The Morgan fingerprint density at radius 2 is 1.81 bits per heavy atom. The van der Waals surface area contributed by atoms with Crippen LogP contribution in [-0.4, -0.2) is 5.38 Å². The van der Waals surface area contributed by atoms with Crippen LogP contribution in [0.2, 0.25) is 0 Å². The molecular formula is C14H20BrCl. The third-order valence-corrected chi connectivity index (χ3v) is 3.64. The van der Waals surface area contributed by atoms with Crippen molar-refractivity contribution in [1.82, 2.24) is 0 Å². The largest absolute Gasteiger partial charge is 0.123 e. The number of unbranched alkanes of at least 4 members (excludes halogenated alkanes) is 3. The van der Waals surface area contributed by atoms with Crippen molar-refractivity contribution in [3.05, 3.63) is 34.3 Å². The molecule has 2 heteroatoms. The Kier molecular flexibility index (Phi) is 7.15. The minimum Gasteiger partial charge on any atom is -0.123 e. The van der Waals surface area contributed by atoms with Gasteiger partial charge in [0.05, 0.1) is 0 Å². The van der Waals surface area contributed by atoms with Gasteiger partial charge in [-0.3, -0.25) is 0 Å². The maximum absolute atomic E-state index is 6.32. The fourth-order valence-electron chi connectivity index (χ4n) is 1.77. The summed E-state index contributed by atoms with van der Waals surface area (Å²) < 4.78 is 1.13. The van der Waals surface area contributed by atoms with Crippen molar-refractivity contribution in [3.63, 3.8) is 0 Å². The van der Waals surface area contributed by atoms with Crippen LogP contribution in [0.5, 0.6) is 0 Å². The average Bonchev–Trinajstić information content (AvgIpc) is 2.28. The zero-order chi connectivity index (χ0) is 11.8. The molecule has 0 nitrogen and oxygen atoms in total. The van der Waals surface area contributed by atoms with Crippen molar-refractivity contribution < 1.29 is 0 Å². The van der Waals surface area contributed by atoms with Crippen LogP contribution >= 0.6 is 27.5 Å². The maximum Gasteiger partial charge on any atom is 0.0376 e. The first-order chi connectivity index (χ1) is 7.72. The van der Waals surface area contributed by atoms with Gasteiger partial charge in [-0.1, -0.05) is 60.7 Å². The van der Waals surface area contributed by atoms with Gasteiger partial charge in [0.2, 0.25) is 0 Å². The predicted octanol–water partition coefficient (Wildman–Crippen LogP) is 5.57. The number of hydrogen-bond donors (Lipinski definition) is 0. The lowest BCUT2D eigenvalue weighted by Gasteiger charge is -2.09. The molecule has 0 heterocycles. The Morgan fingerprint density at radius 3 is 2.44 bits per heavy atom. The standard InChI is InChI=1S/C14H20BrCl/c1-2-3-4-5-6-14(16)11-12-7-9-13(15)10-8-12/h7-10,14H,2-6,11H2,1H3. The van der Waals surface area contributed by atoms with Gasteiger partial charge >= 0.3 is 0 Å². The molecule has 0 amide bonds. The van der Waals surface area contributed by atoms with E-state index in [9.17, 15) is 0 Å². The first kappa shape index (κ1) is 14.1. The van der Waals surface area contributed by atoms with Crippen molar-refractivity contribution in [2.45, 2.75) is 50.8 Å². The average molecular weight is 304 g/mol. The Morgan fingerprint density at radius 1 is 1.12 bits per heavy atom. The monoisotopic (exact) mass is 302 g/mol. The number of benzene rings is 1. The van der Waals surface area contributed by atoms with E-state index in [1.165, 1.54) is 31.2 Å². The molecule has 1 aromatic rings. The highest BCUT2D eigenvalue weighted by molar-refractivity contribution is 9.10. The topological polar surface area (TPSA) is 0 Å². The minimum absolute atomic E-state index is 0.290. The first-order valence-corrected chi connectivity index (χ1v) is 7.34. The molecule has 90 valence electrons. The van der Waals surface area contributed by atoms with E-state index in [-0.39, 0.29) is 5.38 Å². The zero-order valence-electron chi connectivity index (χ0n) is 9.89. The van der Waals surface area contributed by atoms with Gasteiger partial charge < -0.3 is 0 Å². The van der Waals surface area contributed by atoms with Gasteiger partial charge in [0.25, 0.3) is 0 Å². The molecule has 1 unspecified atom stereocenters. The predicted molar refractivity (Wildman–Crippen MR) is 76.2 cm³/mol. The quantitative estimate of drug-likeness (QED) is 0.456. The van der Waals surface area contributed by atoms with E-state index in [0.717, 1.165) is 17.3 Å². The van der Waals surface area contributed by atoms with Gasteiger partial charge in [-0.15, -0.1) is 11.6 Å². The fourth-order valence-corrected chi connectivity index (χ4v) is 2.37. The lowest BCUT2D eigenvalue weighted by molar-refractivity contribution is 0.612.